The molecule has 0 saturated heterocycles. The summed E-state index contributed by atoms with van der Waals surface area (Å²) in [5, 5.41) is 2.89. The molecule has 1 rings (SSSR count). The average molecular weight is 306 g/mol. The lowest BCUT2D eigenvalue weighted by Gasteiger charge is -2.26. The van der Waals surface area contributed by atoms with Crippen molar-refractivity contribution < 1.29 is 14.3 Å². The zero-order valence-corrected chi connectivity index (χ0v) is 13.8. The molecule has 2 atom stereocenters. The lowest BCUT2D eigenvalue weighted by molar-refractivity contribution is -0.165. The molecule has 0 fully saturated rings. The van der Waals surface area contributed by atoms with E-state index in [9.17, 15) is 9.59 Å². The molecule has 5 nitrogen and oxygen atoms in total. The van der Waals surface area contributed by atoms with Crippen molar-refractivity contribution in [2.45, 2.75) is 45.2 Å². The number of carbonyl (C=O) groups excluding carboxylic acids is 2. The van der Waals surface area contributed by atoms with Crippen LogP contribution in [0.15, 0.2) is 30.3 Å². The molecule has 1 aromatic carbocycles. The second-order valence-electron chi connectivity index (χ2n) is 6.01. The first-order chi connectivity index (χ1) is 10.3. The molecule has 122 valence electrons. The number of hydrogen-bond acceptors (Lipinski definition) is 5. The lowest BCUT2D eigenvalue weighted by Crippen LogP contribution is -2.52. The Balaban J connectivity index is 2.59. The molecule has 1 aromatic rings. The highest BCUT2D eigenvalue weighted by molar-refractivity contribution is 5.92. The molecule has 0 radical (unpaired) electrons. The zero-order valence-electron chi connectivity index (χ0n) is 13.8. The quantitative estimate of drug-likeness (QED) is 0.591. The Morgan fingerprint density at radius 1 is 1.27 bits per heavy atom. The zero-order chi connectivity index (χ0) is 16.8. The number of hydrogen-bond donors (Lipinski definition) is 2. The van der Waals surface area contributed by atoms with Gasteiger partial charge in [0.2, 0.25) is 0 Å². The van der Waals surface area contributed by atoms with Crippen molar-refractivity contribution in [1.29, 1.82) is 0 Å². The predicted molar refractivity (Wildman–Crippen MR) is 86.1 cm³/mol. The number of ether oxygens (including phenoxy) is 1. The van der Waals surface area contributed by atoms with Crippen LogP contribution in [0.4, 0.5) is 0 Å². The van der Waals surface area contributed by atoms with E-state index >= 15 is 0 Å². The van der Waals surface area contributed by atoms with E-state index < -0.39 is 23.5 Å². The fourth-order valence-corrected chi connectivity index (χ4v) is 1.84. The molecule has 22 heavy (non-hydrogen) atoms. The maximum Gasteiger partial charge on any atom is 0.333 e. The van der Waals surface area contributed by atoms with Gasteiger partial charge in [-0.3, -0.25) is 0 Å². The number of carbonyl (C=O) groups is 2. The Labute approximate surface area is 132 Å². The number of nitrogens with one attached hydrogen (secondary N) is 1. The standard InChI is InChI=1S/C17H26N2O3/c1-12(2)17(3,18)16(21)22-15(20)14(19-4)11-10-13-8-6-5-7-9-13/h5-9,12,14,19H,10-11,18H2,1-4H3/t14-,17+/m1/s1. The molecular formula is C17H26N2O3. The Morgan fingerprint density at radius 2 is 1.86 bits per heavy atom. The van der Waals surface area contributed by atoms with Gasteiger partial charge in [-0.05, 0) is 38.3 Å². The Morgan fingerprint density at radius 3 is 2.36 bits per heavy atom. The number of likely N-dealkylation sites (N-methyl/N-ethyl adjacent to an activating group) is 1. The van der Waals surface area contributed by atoms with E-state index in [1.807, 2.05) is 44.2 Å². The van der Waals surface area contributed by atoms with E-state index in [1.54, 1.807) is 14.0 Å². The molecule has 0 aliphatic carbocycles. The van der Waals surface area contributed by atoms with Crippen LogP contribution in [0.3, 0.4) is 0 Å². The molecule has 0 heterocycles. The molecule has 0 aliphatic heterocycles. The van der Waals surface area contributed by atoms with E-state index in [2.05, 4.69) is 5.32 Å². The van der Waals surface area contributed by atoms with Crippen LogP contribution in [-0.4, -0.2) is 30.6 Å². The van der Waals surface area contributed by atoms with Gasteiger partial charge in [0.1, 0.15) is 11.6 Å². The van der Waals surface area contributed by atoms with Gasteiger partial charge in [-0.1, -0.05) is 44.2 Å². The maximum atomic E-state index is 12.1. The summed E-state index contributed by atoms with van der Waals surface area (Å²) in [4.78, 5) is 24.1. The highest BCUT2D eigenvalue weighted by Gasteiger charge is 2.36. The van der Waals surface area contributed by atoms with Crippen LogP contribution in [0.2, 0.25) is 0 Å². The largest absolute Gasteiger partial charge is 0.391 e. The van der Waals surface area contributed by atoms with Gasteiger partial charge in [0.15, 0.2) is 0 Å². The summed E-state index contributed by atoms with van der Waals surface area (Å²) < 4.78 is 4.95. The third kappa shape index (κ3) is 4.93. The fraction of sp³-hybridized carbons (Fsp3) is 0.529. The second kappa shape index (κ2) is 8.06. The monoisotopic (exact) mass is 306 g/mol. The molecule has 0 saturated carbocycles. The van der Waals surface area contributed by atoms with Crippen molar-refractivity contribution in [1.82, 2.24) is 5.32 Å². The van der Waals surface area contributed by atoms with Crippen molar-refractivity contribution in [3.63, 3.8) is 0 Å². The summed E-state index contributed by atoms with van der Waals surface area (Å²) in [6.45, 7) is 5.21. The minimum absolute atomic E-state index is 0.120. The number of nitrogens with two attached hydrogens (primary N) is 1. The van der Waals surface area contributed by atoms with Crippen LogP contribution in [-0.2, 0) is 20.7 Å². The van der Waals surface area contributed by atoms with Crippen molar-refractivity contribution in [3.05, 3.63) is 35.9 Å². The van der Waals surface area contributed by atoms with E-state index in [-0.39, 0.29) is 5.92 Å². The van der Waals surface area contributed by atoms with Crippen LogP contribution in [0.1, 0.15) is 32.8 Å². The molecule has 0 spiro atoms. The number of benzene rings is 1. The van der Waals surface area contributed by atoms with Gasteiger partial charge in [-0.25, -0.2) is 9.59 Å². The van der Waals surface area contributed by atoms with Crippen molar-refractivity contribution in [2.24, 2.45) is 11.7 Å². The maximum absolute atomic E-state index is 12.1. The average Bonchev–Trinajstić information content (AvgIpc) is 2.48. The molecule has 0 aliphatic rings. The van der Waals surface area contributed by atoms with Gasteiger partial charge in [0, 0.05) is 0 Å². The Hall–Kier alpha value is -1.72. The number of aryl methyl sites for hydroxylation is 1. The van der Waals surface area contributed by atoms with Crippen molar-refractivity contribution in [3.8, 4) is 0 Å². The SMILES string of the molecule is CN[C@H](CCc1ccccc1)C(=O)OC(=O)[C@@](C)(N)C(C)C. The third-order valence-corrected chi connectivity index (χ3v) is 4.03. The van der Waals surface area contributed by atoms with E-state index in [1.165, 1.54) is 0 Å². The number of rotatable bonds is 7. The summed E-state index contributed by atoms with van der Waals surface area (Å²) >= 11 is 0. The molecule has 0 bridgehead atoms. The Kier molecular flexibility index (Phi) is 6.71. The van der Waals surface area contributed by atoms with Gasteiger partial charge in [0.05, 0.1) is 0 Å². The number of esters is 2. The summed E-state index contributed by atoms with van der Waals surface area (Å²) in [5.41, 5.74) is 5.87. The summed E-state index contributed by atoms with van der Waals surface area (Å²) in [6, 6.07) is 9.31. The fourth-order valence-electron chi connectivity index (χ4n) is 1.84. The van der Waals surface area contributed by atoms with Gasteiger partial charge < -0.3 is 15.8 Å². The highest BCUT2D eigenvalue weighted by atomic mass is 16.6. The molecule has 5 heteroatoms. The first-order valence-corrected chi connectivity index (χ1v) is 7.55. The van der Waals surface area contributed by atoms with Gasteiger partial charge in [0.25, 0.3) is 0 Å². The van der Waals surface area contributed by atoms with E-state index in [0.717, 1.165) is 12.0 Å². The van der Waals surface area contributed by atoms with Crippen molar-refractivity contribution in [2.75, 3.05) is 7.05 Å². The normalized spacial score (nSPS) is 15.2. The van der Waals surface area contributed by atoms with E-state index in [4.69, 9.17) is 10.5 Å². The van der Waals surface area contributed by atoms with E-state index in [0.29, 0.717) is 6.42 Å². The highest BCUT2D eigenvalue weighted by Crippen LogP contribution is 2.15. The minimum Gasteiger partial charge on any atom is -0.391 e. The second-order valence-corrected chi connectivity index (χ2v) is 6.01. The Bertz CT molecular complexity index is 498. The molecule has 0 amide bonds. The van der Waals surface area contributed by atoms with Crippen molar-refractivity contribution >= 4 is 11.9 Å². The molecule has 0 unspecified atom stereocenters. The smallest absolute Gasteiger partial charge is 0.333 e. The minimum atomic E-state index is -1.17. The lowest BCUT2D eigenvalue weighted by atomic mass is 9.90. The molecule has 3 N–H and O–H groups in total. The molecule has 0 aromatic heterocycles. The van der Waals surface area contributed by atoms with Gasteiger partial charge in [-0.15, -0.1) is 0 Å². The summed E-state index contributed by atoms with van der Waals surface area (Å²) in [7, 11) is 1.67. The van der Waals surface area contributed by atoms with Gasteiger partial charge >= 0.3 is 11.9 Å². The third-order valence-electron chi connectivity index (χ3n) is 4.03. The van der Waals surface area contributed by atoms with Crippen LogP contribution in [0.25, 0.3) is 0 Å². The summed E-state index contributed by atoms with van der Waals surface area (Å²) in [6.07, 6.45) is 1.27. The van der Waals surface area contributed by atoms with Crippen LogP contribution in [0.5, 0.6) is 0 Å². The molecular weight excluding hydrogens is 280 g/mol. The first-order valence-electron chi connectivity index (χ1n) is 7.55. The van der Waals surface area contributed by atoms with Crippen LogP contribution < -0.4 is 11.1 Å². The van der Waals surface area contributed by atoms with Gasteiger partial charge in [-0.2, -0.15) is 0 Å². The topological polar surface area (TPSA) is 81.4 Å². The first kappa shape index (κ1) is 18.3. The van der Waals surface area contributed by atoms with Crippen LogP contribution in [0, 0.1) is 5.92 Å². The van der Waals surface area contributed by atoms with Crippen LogP contribution >= 0.6 is 0 Å². The summed E-state index contributed by atoms with van der Waals surface area (Å²) in [5.74, 6) is -1.39. The predicted octanol–water partition coefficient (Wildman–Crippen LogP) is 1.65.